The Labute approximate surface area is 109 Å². The molecule has 1 aromatic carbocycles. The normalized spacial score (nSPS) is 11.2. The minimum Gasteiger partial charge on any atom is -0.496 e. The van der Waals surface area contributed by atoms with Gasteiger partial charge in [0.15, 0.2) is 0 Å². The van der Waals surface area contributed by atoms with Gasteiger partial charge in [-0.25, -0.2) is 4.79 Å². The van der Waals surface area contributed by atoms with Crippen molar-refractivity contribution in [3.8, 4) is 5.75 Å². The van der Waals surface area contributed by atoms with Crippen LogP contribution in [0, 0.1) is 0 Å². The quantitative estimate of drug-likeness (QED) is 0.766. The van der Waals surface area contributed by atoms with E-state index in [2.05, 4.69) is 6.92 Å². The number of rotatable bonds is 4. The predicted molar refractivity (Wildman–Crippen MR) is 72.2 cm³/mol. The van der Waals surface area contributed by atoms with E-state index in [0.717, 1.165) is 24.2 Å². The molecule has 0 saturated heterocycles. The molecule has 100 valence electrons. The lowest BCUT2D eigenvalue weighted by atomic mass is 10.1. The fraction of sp³-hybridized carbons (Fsp3) is 0.533. The first-order valence-corrected chi connectivity index (χ1v) is 6.27. The number of ether oxygens (including phenoxy) is 2. The fourth-order valence-electron chi connectivity index (χ4n) is 1.68. The largest absolute Gasteiger partial charge is 0.496 e. The summed E-state index contributed by atoms with van der Waals surface area (Å²) in [5.74, 6) is 0.434. The molecule has 0 fully saturated rings. The van der Waals surface area contributed by atoms with Gasteiger partial charge in [-0.3, -0.25) is 0 Å². The highest BCUT2D eigenvalue weighted by Gasteiger charge is 2.18. The average Bonchev–Trinajstić information content (AvgIpc) is 2.27. The smallest absolute Gasteiger partial charge is 0.338 e. The van der Waals surface area contributed by atoms with E-state index in [4.69, 9.17) is 9.47 Å². The van der Waals surface area contributed by atoms with Crippen molar-refractivity contribution in [3.05, 3.63) is 29.3 Å². The molecule has 1 rings (SSSR count). The molecule has 0 amide bonds. The standard InChI is InChI=1S/C15H22O3/c1-6-7-11-8-9-12(10-13(11)17-5)14(16)18-15(2,3)4/h8-10H,6-7H2,1-5H3. The first-order chi connectivity index (χ1) is 8.37. The number of methoxy groups -OCH3 is 1. The Kier molecular flexibility index (Phi) is 4.76. The number of benzene rings is 1. The van der Waals surface area contributed by atoms with E-state index in [9.17, 15) is 4.79 Å². The lowest BCUT2D eigenvalue weighted by Gasteiger charge is -2.20. The topological polar surface area (TPSA) is 35.5 Å². The highest BCUT2D eigenvalue weighted by molar-refractivity contribution is 5.90. The molecule has 0 heterocycles. The van der Waals surface area contributed by atoms with E-state index < -0.39 is 5.60 Å². The van der Waals surface area contributed by atoms with Gasteiger partial charge in [0.25, 0.3) is 0 Å². The Morgan fingerprint density at radius 2 is 1.94 bits per heavy atom. The van der Waals surface area contributed by atoms with Gasteiger partial charge in [0.1, 0.15) is 11.4 Å². The van der Waals surface area contributed by atoms with Gasteiger partial charge in [-0.15, -0.1) is 0 Å². The molecule has 0 unspecified atom stereocenters. The van der Waals surface area contributed by atoms with Crippen molar-refractivity contribution in [2.45, 2.75) is 46.1 Å². The average molecular weight is 250 g/mol. The SMILES string of the molecule is CCCc1ccc(C(=O)OC(C)(C)C)cc1OC. The van der Waals surface area contributed by atoms with Crippen LogP contribution in [0.3, 0.4) is 0 Å². The molecule has 0 atom stereocenters. The number of carbonyl (C=O) groups is 1. The lowest BCUT2D eigenvalue weighted by molar-refractivity contribution is 0.00692. The van der Waals surface area contributed by atoms with Crippen molar-refractivity contribution in [3.63, 3.8) is 0 Å². The molecule has 0 aromatic heterocycles. The summed E-state index contributed by atoms with van der Waals surface area (Å²) in [4.78, 5) is 11.9. The molecule has 1 aromatic rings. The Hall–Kier alpha value is -1.51. The summed E-state index contributed by atoms with van der Waals surface area (Å²) in [5, 5.41) is 0. The number of carbonyl (C=O) groups excluding carboxylic acids is 1. The molecule has 0 bridgehead atoms. The van der Waals surface area contributed by atoms with E-state index in [0.29, 0.717) is 5.56 Å². The van der Waals surface area contributed by atoms with Crippen LogP contribution in [0.1, 0.15) is 50.0 Å². The van der Waals surface area contributed by atoms with Gasteiger partial charge in [-0.2, -0.15) is 0 Å². The molecule has 3 heteroatoms. The van der Waals surface area contributed by atoms with E-state index >= 15 is 0 Å². The molecule has 0 aliphatic heterocycles. The molecule has 0 N–H and O–H groups in total. The third-order valence-corrected chi connectivity index (χ3v) is 2.44. The van der Waals surface area contributed by atoms with E-state index in [-0.39, 0.29) is 5.97 Å². The van der Waals surface area contributed by atoms with Crippen LogP contribution in [0.15, 0.2) is 18.2 Å². The van der Waals surface area contributed by atoms with Crippen LogP contribution in [0.5, 0.6) is 5.75 Å². The predicted octanol–water partition coefficient (Wildman–Crippen LogP) is 3.60. The van der Waals surface area contributed by atoms with Gasteiger partial charge in [0, 0.05) is 0 Å². The Balaban J connectivity index is 2.94. The Morgan fingerprint density at radius 3 is 2.44 bits per heavy atom. The van der Waals surface area contributed by atoms with Crippen LogP contribution in [0.4, 0.5) is 0 Å². The van der Waals surface area contributed by atoms with Crippen molar-refractivity contribution in [2.75, 3.05) is 7.11 Å². The maximum atomic E-state index is 11.9. The van der Waals surface area contributed by atoms with Gasteiger partial charge in [-0.1, -0.05) is 19.4 Å². The highest BCUT2D eigenvalue weighted by Crippen LogP contribution is 2.23. The van der Waals surface area contributed by atoms with Gasteiger partial charge in [-0.05, 0) is 44.9 Å². The summed E-state index contributed by atoms with van der Waals surface area (Å²) in [6, 6.07) is 5.47. The van der Waals surface area contributed by atoms with Gasteiger partial charge >= 0.3 is 5.97 Å². The van der Waals surface area contributed by atoms with Gasteiger partial charge in [0.2, 0.25) is 0 Å². The molecule has 0 radical (unpaired) electrons. The Morgan fingerprint density at radius 1 is 1.28 bits per heavy atom. The third-order valence-electron chi connectivity index (χ3n) is 2.44. The number of aryl methyl sites for hydroxylation is 1. The van der Waals surface area contributed by atoms with Crippen molar-refractivity contribution >= 4 is 5.97 Å². The summed E-state index contributed by atoms with van der Waals surface area (Å²) < 4.78 is 10.6. The summed E-state index contributed by atoms with van der Waals surface area (Å²) in [6.07, 6.45) is 1.99. The molecule has 0 saturated carbocycles. The number of hydrogen-bond acceptors (Lipinski definition) is 3. The van der Waals surface area contributed by atoms with Crippen molar-refractivity contribution in [1.82, 2.24) is 0 Å². The third kappa shape index (κ3) is 4.06. The summed E-state index contributed by atoms with van der Waals surface area (Å²) in [6.45, 7) is 7.68. The van der Waals surface area contributed by atoms with Gasteiger partial charge in [0.05, 0.1) is 12.7 Å². The number of esters is 1. The van der Waals surface area contributed by atoms with Crippen LogP contribution in [0.2, 0.25) is 0 Å². The second-order valence-electron chi connectivity index (χ2n) is 5.28. The minimum absolute atomic E-state index is 0.316. The molecule has 0 spiro atoms. The fourth-order valence-corrected chi connectivity index (χ4v) is 1.68. The van der Waals surface area contributed by atoms with Crippen LogP contribution >= 0.6 is 0 Å². The zero-order valence-corrected chi connectivity index (χ0v) is 11.9. The molecule has 18 heavy (non-hydrogen) atoms. The molecular weight excluding hydrogens is 228 g/mol. The molecule has 3 nitrogen and oxygen atoms in total. The summed E-state index contributed by atoms with van der Waals surface area (Å²) in [7, 11) is 1.62. The minimum atomic E-state index is -0.480. The first-order valence-electron chi connectivity index (χ1n) is 6.27. The summed E-state index contributed by atoms with van der Waals surface area (Å²) >= 11 is 0. The maximum absolute atomic E-state index is 11.9. The highest BCUT2D eigenvalue weighted by atomic mass is 16.6. The number of hydrogen-bond donors (Lipinski definition) is 0. The van der Waals surface area contributed by atoms with E-state index in [1.807, 2.05) is 26.8 Å². The molecule has 0 aliphatic rings. The first kappa shape index (κ1) is 14.6. The monoisotopic (exact) mass is 250 g/mol. The van der Waals surface area contributed by atoms with E-state index in [1.165, 1.54) is 0 Å². The second kappa shape index (κ2) is 5.89. The van der Waals surface area contributed by atoms with Crippen molar-refractivity contribution in [1.29, 1.82) is 0 Å². The van der Waals surface area contributed by atoms with Crippen LogP contribution < -0.4 is 4.74 Å². The second-order valence-corrected chi connectivity index (χ2v) is 5.28. The van der Waals surface area contributed by atoms with E-state index in [1.54, 1.807) is 19.2 Å². The van der Waals surface area contributed by atoms with Gasteiger partial charge < -0.3 is 9.47 Å². The zero-order valence-electron chi connectivity index (χ0n) is 11.9. The zero-order chi connectivity index (χ0) is 13.8. The van der Waals surface area contributed by atoms with Crippen LogP contribution in [-0.2, 0) is 11.2 Å². The molecule has 0 aliphatic carbocycles. The van der Waals surface area contributed by atoms with Crippen LogP contribution in [0.25, 0.3) is 0 Å². The van der Waals surface area contributed by atoms with Crippen molar-refractivity contribution < 1.29 is 14.3 Å². The maximum Gasteiger partial charge on any atom is 0.338 e. The Bertz CT molecular complexity index is 416. The molecular formula is C15H22O3. The van der Waals surface area contributed by atoms with Crippen molar-refractivity contribution in [2.24, 2.45) is 0 Å². The lowest BCUT2D eigenvalue weighted by Crippen LogP contribution is -2.23. The summed E-state index contributed by atoms with van der Waals surface area (Å²) in [5.41, 5.74) is 1.17. The van der Waals surface area contributed by atoms with Crippen LogP contribution in [-0.4, -0.2) is 18.7 Å².